The molecule has 0 aromatic rings. The molecule has 0 bridgehead atoms. The van der Waals surface area contributed by atoms with E-state index in [1.54, 1.807) is 11.8 Å². The average molecular weight is 333 g/mol. The van der Waals surface area contributed by atoms with Crippen LogP contribution in [0, 0.1) is 11.3 Å². The molecular formula is C18H27N3O3. The summed E-state index contributed by atoms with van der Waals surface area (Å²) < 4.78 is 0. The second-order valence-corrected chi connectivity index (χ2v) is 8.37. The molecule has 1 saturated heterocycles. The molecule has 6 heteroatoms. The van der Waals surface area contributed by atoms with E-state index in [-0.39, 0.29) is 29.7 Å². The van der Waals surface area contributed by atoms with Crippen molar-refractivity contribution in [2.45, 2.75) is 52.5 Å². The van der Waals surface area contributed by atoms with Crippen LogP contribution in [0.5, 0.6) is 0 Å². The Labute approximate surface area is 143 Å². The summed E-state index contributed by atoms with van der Waals surface area (Å²) in [5.41, 5.74) is 0.646. The fourth-order valence-corrected chi connectivity index (χ4v) is 3.61. The molecule has 1 aliphatic carbocycles. The van der Waals surface area contributed by atoms with Crippen molar-refractivity contribution >= 4 is 17.8 Å². The topological polar surface area (TPSA) is 69.7 Å². The second-order valence-electron chi connectivity index (χ2n) is 8.37. The highest BCUT2D eigenvalue weighted by Crippen LogP contribution is 2.42. The monoisotopic (exact) mass is 333 g/mol. The molecule has 1 unspecified atom stereocenters. The Hall–Kier alpha value is -1.85. The molecule has 4 amide bonds. The van der Waals surface area contributed by atoms with E-state index in [0.717, 1.165) is 24.2 Å². The summed E-state index contributed by atoms with van der Waals surface area (Å²) in [6.45, 7) is 9.31. The van der Waals surface area contributed by atoms with Gasteiger partial charge in [-0.2, -0.15) is 0 Å². The maximum absolute atomic E-state index is 12.6. The van der Waals surface area contributed by atoms with Crippen LogP contribution < -0.4 is 5.32 Å². The van der Waals surface area contributed by atoms with E-state index in [9.17, 15) is 14.4 Å². The predicted octanol–water partition coefficient (Wildman–Crippen LogP) is 1.91. The quantitative estimate of drug-likeness (QED) is 0.633. The van der Waals surface area contributed by atoms with Gasteiger partial charge in [0.25, 0.3) is 5.91 Å². The van der Waals surface area contributed by atoms with Gasteiger partial charge in [0, 0.05) is 13.1 Å². The molecule has 1 N–H and O–H groups in total. The summed E-state index contributed by atoms with van der Waals surface area (Å²) in [5, 5.41) is 2.78. The minimum atomic E-state index is -0.821. The zero-order valence-corrected chi connectivity index (χ0v) is 15.0. The molecule has 0 aromatic heterocycles. The van der Waals surface area contributed by atoms with E-state index in [1.807, 2.05) is 0 Å². The highest BCUT2D eigenvalue weighted by molar-refractivity contribution is 6.09. The van der Waals surface area contributed by atoms with Crippen LogP contribution in [0.25, 0.3) is 0 Å². The van der Waals surface area contributed by atoms with Crippen LogP contribution >= 0.6 is 0 Å². The molecule has 0 aromatic carbocycles. The molecule has 0 spiro atoms. The van der Waals surface area contributed by atoms with Crippen LogP contribution in [0.2, 0.25) is 0 Å². The zero-order valence-electron chi connectivity index (χ0n) is 15.0. The maximum atomic E-state index is 12.6. The number of hydrogen-bond acceptors (Lipinski definition) is 3. The number of nitrogens with zero attached hydrogens (tertiary/aromatic N) is 2. The molecule has 6 nitrogen and oxygen atoms in total. The lowest BCUT2D eigenvalue weighted by Crippen LogP contribution is -2.47. The normalized spacial score (nSPS) is 28.1. The number of carbonyl (C=O) groups excluding carboxylic acids is 3. The van der Waals surface area contributed by atoms with Crippen molar-refractivity contribution in [1.82, 2.24) is 15.1 Å². The first kappa shape index (κ1) is 17.0. The van der Waals surface area contributed by atoms with Crippen molar-refractivity contribution in [2.75, 3.05) is 19.6 Å². The summed E-state index contributed by atoms with van der Waals surface area (Å²) in [4.78, 5) is 40.1. The van der Waals surface area contributed by atoms with Crippen LogP contribution in [0.1, 0.15) is 47.0 Å². The highest BCUT2D eigenvalue weighted by atomic mass is 16.2. The van der Waals surface area contributed by atoms with Crippen molar-refractivity contribution in [3.05, 3.63) is 11.6 Å². The van der Waals surface area contributed by atoms with E-state index < -0.39 is 11.6 Å². The number of amides is 4. The molecule has 2 aliphatic heterocycles. The average Bonchev–Trinajstić information content (AvgIpc) is 3.33. The first-order valence-corrected chi connectivity index (χ1v) is 8.74. The summed E-state index contributed by atoms with van der Waals surface area (Å²) in [6.07, 6.45) is 4.85. The van der Waals surface area contributed by atoms with Crippen LogP contribution in [0.15, 0.2) is 11.6 Å². The Kier molecular flexibility index (Phi) is 3.97. The second kappa shape index (κ2) is 5.60. The Bertz CT molecular complexity index is 615. The SMILES string of the molecule is CC(C)(C)C1=CCN(C(=O)CN2C(=O)NC(C)(C3CC3)C2=O)CC1. The summed E-state index contributed by atoms with van der Waals surface area (Å²) in [5.74, 6) is -0.213. The molecule has 132 valence electrons. The van der Waals surface area contributed by atoms with Crippen molar-refractivity contribution in [3.8, 4) is 0 Å². The van der Waals surface area contributed by atoms with E-state index in [2.05, 4.69) is 32.2 Å². The molecule has 2 fully saturated rings. The third-order valence-corrected chi connectivity index (χ3v) is 5.51. The molecule has 24 heavy (non-hydrogen) atoms. The fraction of sp³-hybridized carbons (Fsp3) is 0.722. The summed E-state index contributed by atoms with van der Waals surface area (Å²) in [6, 6.07) is -0.439. The van der Waals surface area contributed by atoms with Gasteiger partial charge in [0.1, 0.15) is 12.1 Å². The number of nitrogens with one attached hydrogen (secondary N) is 1. The van der Waals surface area contributed by atoms with Crippen LogP contribution in [-0.4, -0.2) is 52.8 Å². The predicted molar refractivity (Wildman–Crippen MR) is 90.1 cm³/mol. The molecule has 0 radical (unpaired) electrons. The third kappa shape index (κ3) is 2.94. The smallest absolute Gasteiger partial charge is 0.325 e. The lowest BCUT2D eigenvalue weighted by atomic mass is 9.83. The first-order chi connectivity index (χ1) is 11.1. The van der Waals surface area contributed by atoms with Gasteiger partial charge >= 0.3 is 6.03 Å². The minimum absolute atomic E-state index is 0.117. The van der Waals surface area contributed by atoms with Crippen molar-refractivity contribution in [1.29, 1.82) is 0 Å². The lowest BCUT2D eigenvalue weighted by Gasteiger charge is -2.32. The fourth-order valence-electron chi connectivity index (χ4n) is 3.61. The maximum Gasteiger partial charge on any atom is 0.325 e. The van der Waals surface area contributed by atoms with Crippen molar-refractivity contribution < 1.29 is 14.4 Å². The van der Waals surface area contributed by atoms with E-state index >= 15 is 0 Å². The lowest BCUT2D eigenvalue weighted by molar-refractivity contribution is -0.139. The van der Waals surface area contributed by atoms with Gasteiger partial charge in [0.15, 0.2) is 0 Å². The van der Waals surface area contributed by atoms with Crippen molar-refractivity contribution in [3.63, 3.8) is 0 Å². The standard InChI is InChI=1S/C18H27N3O3/c1-17(2,3)12-7-9-20(10-8-12)14(22)11-21-15(23)18(4,13-5-6-13)19-16(21)24/h7,13H,5-6,8-11H2,1-4H3,(H,19,24). The zero-order chi connectivity index (χ0) is 17.7. The number of imide groups is 1. The largest absolute Gasteiger partial charge is 0.337 e. The summed E-state index contributed by atoms with van der Waals surface area (Å²) in [7, 11) is 0. The van der Waals surface area contributed by atoms with Crippen molar-refractivity contribution in [2.24, 2.45) is 11.3 Å². The van der Waals surface area contributed by atoms with Gasteiger partial charge in [-0.25, -0.2) is 4.79 Å². The van der Waals surface area contributed by atoms with E-state index in [0.29, 0.717) is 13.1 Å². The van der Waals surface area contributed by atoms with E-state index in [4.69, 9.17) is 0 Å². The Morgan fingerprint density at radius 1 is 1.33 bits per heavy atom. The molecule has 3 rings (SSSR count). The molecule has 3 aliphatic rings. The Morgan fingerprint density at radius 3 is 2.50 bits per heavy atom. The van der Waals surface area contributed by atoms with E-state index in [1.165, 1.54) is 5.57 Å². The molecule has 2 heterocycles. The van der Waals surface area contributed by atoms with Gasteiger partial charge in [-0.15, -0.1) is 0 Å². The third-order valence-electron chi connectivity index (χ3n) is 5.51. The molecule has 1 saturated carbocycles. The Morgan fingerprint density at radius 2 is 2.00 bits per heavy atom. The Balaban J connectivity index is 1.63. The van der Waals surface area contributed by atoms with Gasteiger partial charge in [0.2, 0.25) is 5.91 Å². The number of urea groups is 1. The van der Waals surface area contributed by atoms with Gasteiger partial charge in [-0.1, -0.05) is 32.4 Å². The number of hydrogen-bond donors (Lipinski definition) is 1. The van der Waals surface area contributed by atoms with Gasteiger partial charge in [-0.3, -0.25) is 14.5 Å². The van der Waals surface area contributed by atoms with Crippen LogP contribution in [0.4, 0.5) is 4.79 Å². The van der Waals surface area contributed by atoms with Crippen LogP contribution in [0.3, 0.4) is 0 Å². The minimum Gasteiger partial charge on any atom is -0.337 e. The van der Waals surface area contributed by atoms with Gasteiger partial charge in [-0.05, 0) is 37.5 Å². The first-order valence-electron chi connectivity index (χ1n) is 8.74. The highest BCUT2D eigenvalue weighted by Gasteiger charge is 2.56. The van der Waals surface area contributed by atoms with Crippen LogP contribution in [-0.2, 0) is 9.59 Å². The molecular weight excluding hydrogens is 306 g/mol. The number of carbonyl (C=O) groups is 3. The summed E-state index contributed by atoms with van der Waals surface area (Å²) >= 11 is 0. The molecule has 1 atom stereocenters. The number of rotatable bonds is 3. The van der Waals surface area contributed by atoms with Gasteiger partial charge < -0.3 is 10.2 Å². The van der Waals surface area contributed by atoms with Gasteiger partial charge in [0.05, 0.1) is 0 Å².